The Morgan fingerprint density at radius 2 is 1.73 bits per heavy atom. The lowest BCUT2D eigenvalue weighted by molar-refractivity contribution is 0.497. The lowest BCUT2D eigenvalue weighted by Gasteiger charge is -2.15. The van der Waals surface area contributed by atoms with Crippen LogP contribution in [0, 0.1) is 9.49 Å². The van der Waals surface area contributed by atoms with E-state index in [2.05, 4.69) is 72.9 Å². The van der Waals surface area contributed by atoms with Gasteiger partial charge in [-0.2, -0.15) is 0 Å². The van der Waals surface area contributed by atoms with Crippen molar-refractivity contribution < 1.29 is 0 Å². The van der Waals surface area contributed by atoms with Crippen molar-refractivity contribution in [2.24, 2.45) is 5.92 Å². The smallest absolute Gasteiger partial charge is 0.0291 e. The SMILES string of the molecule is CC(C)CCNC(C)c1ccc(I)cc1. The summed E-state index contributed by atoms with van der Waals surface area (Å²) < 4.78 is 1.30. The molecule has 1 aromatic rings. The zero-order chi connectivity index (χ0) is 11.3. The Morgan fingerprint density at radius 1 is 1.13 bits per heavy atom. The summed E-state index contributed by atoms with van der Waals surface area (Å²) >= 11 is 2.34. The minimum Gasteiger partial charge on any atom is -0.310 e. The molecule has 0 aliphatic heterocycles. The van der Waals surface area contributed by atoms with Crippen LogP contribution in [0.4, 0.5) is 0 Å². The zero-order valence-electron chi connectivity index (χ0n) is 9.76. The van der Waals surface area contributed by atoms with E-state index in [0.717, 1.165) is 12.5 Å². The molecule has 0 saturated carbocycles. The van der Waals surface area contributed by atoms with Crippen LogP contribution in [0.5, 0.6) is 0 Å². The summed E-state index contributed by atoms with van der Waals surface area (Å²) in [4.78, 5) is 0. The number of hydrogen-bond donors (Lipinski definition) is 1. The summed E-state index contributed by atoms with van der Waals surface area (Å²) in [5.41, 5.74) is 1.37. The molecular weight excluding hydrogens is 297 g/mol. The van der Waals surface area contributed by atoms with Crippen LogP contribution in [0.25, 0.3) is 0 Å². The molecule has 2 heteroatoms. The fourth-order valence-corrected chi connectivity index (χ4v) is 1.82. The third-order valence-electron chi connectivity index (χ3n) is 2.54. The maximum Gasteiger partial charge on any atom is 0.0291 e. The minimum absolute atomic E-state index is 0.459. The molecule has 1 atom stereocenters. The Balaban J connectivity index is 2.40. The van der Waals surface area contributed by atoms with E-state index in [-0.39, 0.29) is 0 Å². The largest absolute Gasteiger partial charge is 0.310 e. The van der Waals surface area contributed by atoms with Gasteiger partial charge in [-0.15, -0.1) is 0 Å². The maximum atomic E-state index is 3.55. The van der Waals surface area contributed by atoms with Crippen LogP contribution < -0.4 is 5.32 Å². The molecule has 84 valence electrons. The highest BCUT2D eigenvalue weighted by Gasteiger charge is 2.04. The lowest BCUT2D eigenvalue weighted by atomic mass is 10.1. The molecule has 0 radical (unpaired) electrons. The summed E-state index contributed by atoms with van der Waals surface area (Å²) in [5.74, 6) is 0.779. The van der Waals surface area contributed by atoms with Gasteiger partial charge in [-0.05, 0) is 66.1 Å². The first-order chi connectivity index (χ1) is 7.09. The highest BCUT2D eigenvalue weighted by atomic mass is 127. The topological polar surface area (TPSA) is 12.0 Å². The average molecular weight is 317 g/mol. The summed E-state index contributed by atoms with van der Waals surface area (Å²) in [6.07, 6.45) is 1.24. The van der Waals surface area contributed by atoms with Crippen LogP contribution in [-0.2, 0) is 0 Å². The van der Waals surface area contributed by atoms with Gasteiger partial charge in [0.1, 0.15) is 0 Å². The molecule has 0 saturated heterocycles. The monoisotopic (exact) mass is 317 g/mol. The van der Waals surface area contributed by atoms with Gasteiger partial charge in [0.25, 0.3) is 0 Å². The van der Waals surface area contributed by atoms with Crippen molar-refractivity contribution in [2.45, 2.75) is 33.2 Å². The van der Waals surface area contributed by atoms with Crippen molar-refractivity contribution >= 4 is 22.6 Å². The van der Waals surface area contributed by atoms with Crippen LogP contribution >= 0.6 is 22.6 Å². The molecule has 15 heavy (non-hydrogen) atoms. The van der Waals surface area contributed by atoms with Gasteiger partial charge >= 0.3 is 0 Å². The van der Waals surface area contributed by atoms with E-state index in [1.54, 1.807) is 0 Å². The molecule has 1 rings (SSSR count). The van der Waals surface area contributed by atoms with E-state index < -0.39 is 0 Å². The van der Waals surface area contributed by atoms with Crippen molar-refractivity contribution in [1.82, 2.24) is 5.32 Å². The number of halogens is 1. The molecule has 0 amide bonds. The summed E-state index contributed by atoms with van der Waals surface area (Å²) in [7, 11) is 0. The summed E-state index contributed by atoms with van der Waals surface area (Å²) in [6.45, 7) is 7.85. The molecule has 1 nitrogen and oxygen atoms in total. The Bertz CT molecular complexity index is 279. The van der Waals surface area contributed by atoms with Gasteiger partial charge in [0.15, 0.2) is 0 Å². The fourth-order valence-electron chi connectivity index (χ4n) is 1.46. The van der Waals surface area contributed by atoms with E-state index in [1.165, 1.54) is 15.6 Å². The van der Waals surface area contributed by atoms with E-state index in [9.17, 15) is 0 Å². The first-order valence-corrected chi connectivity index (χ1v) is 6.66. The Morgan fingerprint density at radius 3 is 2.27 bits per heavy atom. The quantitative estimate of drug-likeness (QED) is 0.810. The van der Waals surface area contributed by atoms with Crippen LogP contribution in [0.15, 0.2) is 24.3 Å². The Labute approximate surface area is 107 Å². The Hall–Kier alpha value is -0.0900. The molecule has 0 aliphatic rings. The van der Waals surface area contributed by atoms with Gasteiger partial charge in [0, 0.05) is 9.61 Å². The first kappa shape index (κ1) is 13.0. The second-order valence-electron chi connectivity index (χ2n) is 4.41. The van der Waals surface area contributed by atoms with Gasteiger partial charge in [0.2, 0.25) is 0 Å². The van der Waals surface area contributed by atoms with E-state index in [4.69, 9.17) is 0 Å². The van der Waals surface area contributed by atoms with Crippen LogP contribution in [0.2, 0.25) is 0 Å². The molecule has 1 aromatic carbocycles. The van der Waals surface area contributed by atoms with E-state index in [0.29, 0.717) is 6.04 Å². The fraction of sp³-hybridized carbons (Fsp3) is 0.538. The number of benzene rings is 1. The molecule has 0 aliphatic carbocycles. The Kier molecular flexibility index (Phi) is 5.61. The number of nitrogens with one attached hydrogen (secondary N) is 1. The van der Waals surface area contributed by atoms with E-state index in [1.807, 2.05) is 0 Å². The van der Waals surface area contributed by atoms with Crippen LogP contribution in [0.1, 0.15) is 38.8 Å². The highest BCUT2D eigenvalue weighted by Crippen LogP contribution is 2.14. The molecule has 1 unspecified atom stereocenters. The molecule has 0 spiro atoms. The second-order valence-corrected chi connectivity index (χ2v) is 5.66. The predicted molar refractivity (Wildman–Crippen MR) is 75.0 cm³/mol. The van der Waals surface area contributed by atoms with Gasteiger partial charge in [-0.25, -0.2) is 0 Å². The second kappa shape index (κ2) is 6.48. The third kappa shape index (κ3) is 4.98. The highest BCUT2D eigenvalue weighted by molar-refractivity contribution is 14.1. The summed E-state index contributed by atoms with van der Waals surface area (Å²) in [6, 6.07) is 9.19. The van der Waals surface area contributed by atoms with Crippen molar-refractivity contribution in [2.75, 3.05) is 6.54 Å². The summed E-state index contributed by atoms with van der Waals surface area (Å²) in [5, 5.41) is 3.55. The van der Waals surface area contributed by atoms with Crippen molar-refractivity contribution in [3.63, 3.8) is 0 Å². The molecule has 0 bridgehead atoms. The van der Waals surface area contributed by atoms with Crippen molar-refractivity contribution in [1.29, 1.82) is 0 Å². The van der Waals surface area contributed by atoms with Gasteiger partial charge in [-0.3, -0.25) is 0 Å². The molecule has 0 heterocycles. The predicted octanol–water partition coefficient (Wildman–Crippen LogP) is 3.99. The van der Waals surface area contributed by atoms with Gasteiger partial charge in [-0.1, -0.05) is 26.0 Å². The normalized spacial score (nSPS) is 13.1. The minimum atomic E-state index is 0.459. The standard InChI is InChI=1S/C13H20IN/c1-10(2)8-9-15-11(3)12-4-6-13(14)7-5-12/h4-7,10-11,15H,8-9H2,1-3H3. The molecule has 0 aromatic heterocycles. The average Bonchev–Trinajstić information content (AvgIpc) is 2.18. The zero-order valence-corrected chi connectivity index (χ0v) is 11.9. The lowest BCUT2D eigenvalue weighted by Crippen LogP contribution is -2.20. The van der Waals surface area contributed by atoms with Crippen LogP contribution in [-0.4, -0.2) is 6.54 Å². The molecule has 1 N–H and O–H groups in total. The van der Waals surface area contributed by atoms with E-state index >= 15 is 0 Å². The number of rotatable bonds is 5. The number of hydrogen-bond acceptors (Lipinski definition) is 1. The third-order valence-corrected chi connectivity index (χ3v) is 3.26. The maximum absolute atomic E-state index is 3.55. The van der Waals surface area contributed by atoms with Gasteiger partial charge in [0.05, 0.1) is 0 Å². The van der Waals surface area contributed by atoms with Crippen molar-refractivity contribution in [3.05, 3.63) is 33.4 Å². The molecule has 0 fully saturated rings. The molecular formula is C13H20IN. The van der Waals surface area contributed by atoms with Gasteiger partial charge < -0.3 is 5.32 Å². The first-order valence-electron chi connectivity index (χ1n) is 5.58. The van der Waals surface area contributed by atoms with Crippen LogP contribution in [0.3, 0.4) is 0 Å². The van der Waals surface area contributed by atoms with Crippen molar-refractivity contribution in [3.8, 4) is 0 Å².